The summed E-state index contributed by atoms with van der Waals surface area (Å²) in [6.45, 7) is 3.93. The van der Waals surface area contributed by atoms with E-state index in [2.05, 4.69) is 0 Å². The Morgan fingerprint density at radius 2 is 1.92 bits per heavy atom. The third kappa shape index (κ3) is 3.12. The first-order valence-electron chi connectivity index (χ1n) is 7.56. The van der Waals surface area contributed by atoms with Crippen molar-refractivity contribution in [3.8, 4) is 0 Å². The molecule has 0 aromatic heterocycles. The van der Waals surface area contributed by atoms with E-state index in [0.29, 0.717) is 5.56 Å². The van der Waals surface area contributed by atoms with Crippen LogP contribution in [0.1, 0.15) is 38.7 Å². The largest absolute Gasteiger partial charge is 0.389 e. The summed E-state index contributed by atoms with van der Waals surface area (Å²) >= 11 is 0. The minimum absolute atomic E-state index is 0.199. The molecule has 0 unspecified atom stereocenters. The number of nitro benzene ring substituents is 1. The van der Waals surface area contributed by atoms with Crippen LogP contribution in [0.2, 0.25) is 0 Å². The highest BCUT2D eigenvalue weighted by molar-refractivity contribution is 6.05. The van der Waals surface area contributed by atoms with Crippen molar-refractivity contribution in [2.24, 2.45) is 11.8 Å². The average molecular weight is 333 g/mol. The van der Waals surface area contributed by atoms with Crippen LogP contribution in [-0.2, 0) is 14.4 Å². The van der Waals surface area contributed by atoms with Crippen LogP contribution in [0, 0.1) is 22.0 Å². The van der Waals surface area contributed by atoms with Crippen LogP contribution in [0.4, 0.5) is 5.69 Å². The molecule has 0 radical (unpaired) electrons. The number of hydrogen-bond acceptors (Lipinski definition) is 6. The van der Waals surface area contributed by atoms with Gasteiger partial charge >= 0.3 is 0 Å². The molecule has 1 aliphatic rings. The Hall–Kier alpha value is -2.41. The van der Waals surface area contributed by atoms with Gasteiger partial charge in [0.1, 0.15) is 17.3 Å². The van der Waals surface area contributed by atoms with Crippen molar-refractivity contribution < 1.29 is 24.4 Å². The van der Waals surface area contributed by atoms with Crippen LogP contribution in [0.25, 0.3) is 0 Å². The van der Waals surface area contributed by atoms with Gasteiger partial charge in [-0.25, -0.2) is 0 Å². The maximum absolute atomic E-state index is 12.4. The van der Waals surface area contributed by atoms with Crippen LogP contribution < -0.4 is 0 Å². The summed E-state index contributed by atoms with van der Waals surface area (Å²) in [7, 11) is 0. The number of carbonyl (C=O) groups excluding carboxylic acids is 3. The minimum Gasteiger partial charge on any atom is -0.389 e. The lowest BCUT2D eigenvalue weighted by molar-refractivity contribution is -0.385. The van der Waals surface area contributed by atoms with Gasteiger partial charge in [0.2, 0.25) is 0 Å². The Kier molecular flexibility index (Phi) is 4.66. The molecule has 2 rings (SSSR count). The summed E-state index contributed by atoms with van der Waals surface area (Å²) in [6.07, 6.45) is -0.299. The third-order valence-electron chi connectivity index (χ3n) is 4.61. The Balaban J connectivity index is 2.67. The molecule has 1 aromatic rings. The molecule has 128 valence electrons. The van der Waals surface area contributed by atoms with Gasteiger partial charge in [0, 0.05) is 24.5 Å². The van der Waals surface area contributed by atoms with Crippen LogP contribution in [0.5, 0.6) is 0 Å². The normalized spacial score (nSPS) is 30.0. The molecule has 0 aliphatic heterocycles. The highest BCUT2D eigenvalue weighted by atomic mass is 16.6. The quantitative estimate of drug-likeness (QED) is 0.510. The molecule has 0 heterocycles. The molecule has 0 saturated heterocycles. The Morgan fingerprint density at radius 1 is 1.29 bits per heavy atom. The molecule has 0 spiro atoms. The SMILES string of the molecule is CC(=O)[C@H]1C(=O)C[C@](C)(O)[C@H](C(C)=O)[C@@H]1c1cccc([N+](=O)[O-])c1. The molecule has 0 amide bonds. The Morgan fingerprint density at radius 3 is 2.42 bits per heavy atom. The fourth-order valence-electron chi connectivity index (χ4n) is 3.75. The fraction of sp³-hybridized carbons (Fsp3) is 0.471. The van der Waals surface area contributed by atoms with Crippen LogP contribution in [0.15, 0.2) is 24.3 Å². The number of nitro groups is 1. The first-order valence-corrected chi connectivity index (χ1v) is 7.56. The molecular weight excluding hydrogens is 314 g/mol. The van der Waals surface area contributed by atoms with E-state index in [1.165, 1.54) is 45.0 Å². The van der Waals surface area contributed by atoms with Crippen LogP contribution >= 0.6 is 0 Å². The van der Waals surface area contributed by atoms with Gasteiger partial charge in [0.25, 0.3) is 5.69 Å². The van der Waals surface area contributed by atoms with Gasteiger partial charge in [-0.3, -0.25) is 24.5 Å². The minimum atomic E-state index is -1.61. The highest BCUT2D eigenvalue weighted by Gasteiger charge is 2.53. The van der Waals surface area contributed by atoms with Crippen molar-refractivity contribution in [1.82, 2.24) is 0 Å². The van der Waals surface area contributed by atoms with E-state index in [-0.39, 0.29) is 17.9 Å². The molecule has 7 heteroatoms. The number of hydrogen-bond donors (Lipinski definition) is 1. The predicted molar refractivity (Wildman–Crippen MR) is 84.4 cm³/mol. The third-order valence-corrected chi connectivity index (χ3v) is 4.61. The Bertz CT molecular complexity index is 724. The summed E-state index contributed by atoms with van der Waals surface area (Å²) in [4.78, 5) is 47.0. The zero-order chi connectivity index (χ0) is 18.2. The second-order valence-electron chi connectivity index (χ2n) is 6.55. The first-order chi connectivity index (χ1) is 11.1. The number of rotatable bonds is 4. The summed E-state index contributed by atoms with van der Waals surface area (Å²) in [5.74, 6) is -4.25. The van der Waals surface area contributed by atoms with E-state index >= 15 is 0 Å². The molecule has 7 nitrogen and oxygen atoms in total. The highest BCUT2D eigenvalue weighted by Crippen LogP contribution is 2.46. The number of nitrogens with zero attached hydrogens (tertiary/aromatic N) is 1. The van der Waals surface area contributed by atoms with Gasteiger partial charge in [-0.05, 0) is 26.3 Å². The van der Waals surface area contributed by atoms with Crippen molar-refractivity contribution in [2.45, 2.75) is 38.7 Å². The summed E-state index contributed by atoms with van der Waals surface area (Å²) < 4.78 is 0. The molecule has 1 aromatic carbocycles. The van der Waals surface area contributed by atoms with Crippen molar-refractivity contribution in [1.29, 1.82) is 0 Å². The predicted octanol–water partition coefficient (Wildman–Crippen LogP) is 1.81. The number of non-ortho nitro benzene ring substituents is 1. The topological polar surface area (TPSA) is 115 Å². The number of Topliss-reactive ketones (excluding diaryl/α,β-unsaturated/α-hetero) is 3. The van der Waals surface area contributed by atoms with Crippen LogP contribution in [-0.4, -0.2) is 33.0 Å². The fourth-order valence-corrected chi connectivity index (χ4v) is 3.75. The van der Waals surface area contributed by atoms with Gasteiger partial charge in [-0.2, -0.15) is 0 Å². The Labute approximate surface area is 138 Å². The van der Waals surface area contributed by atoms with E-state index in [1.54, 1.807) is 0 Å². The van der Waals surface area contributed by atoms with E-state index in [9.17, 15) is 29.6 Å². The number of ketones is 3. The summed E-state index contributed by atoms with van der Waals surface area (Å²) in [6, 6.07) is 5.52. The molecule has 4 atom stereocenters. The second kappa shape index (κ2) is 6.24. The number of aliphatic hydroxyl groups is 1. The maximum atomic E-state index is 12.4. The average Bonchev–Trinajstić information content (AvgIpc) is 2.44. The monoisotopic (exact) mass is 333 g/mol. The van der Waals surface area contributed by atoms with Crippen LogP contribution in [0.3, 0.4) is 0 Å². The van der Waals surface area contributed by atoms with Gasteiger partial charge in [0.15, 0.2) is 0 Å². The van der Waals surface area contributed by atoms with Crippen molar-refractivity contribution in [2.75, 3.05) is 0 Å². The van der Waals surface area contributed by atoms with E-state index < -0.39 is 39.8 Å². The number of benzene rings is 1. The lowest BCUT2D eigenvalue weighted by atomic mass is 9.60. The van der Waals surface area contributed by atoms with Gasteiger partial charge in [-0.1, -0.05) is 12.1 Å². The smallest absolute Gasteiger partial charge is 0.269 e. The lowest BCUT2D eigenvalue weighted by Gasteiger charge is -2.44. The van der Waals surface area contributed by atoms with E-state index in [0.717, 1.165) is 0 Å². The van der Waals surface area contributed by atoms with Crippen molar-refractivity contribution in [3.05, 3.63) is 39.9 Å². The zero-order valence-electron chi connectivity index (χ0n) is 13.7. The molecule has 1 aliphatic carbocycles. The molecule has 24 heavy (non-hydrogen) atoms. The van der Waals surface area contributed by atoms with Crippen molar-refractivity contribution >= 4 is 23.0 Å². The molecule has 0 bridgehead atoms. The second-order valence-corrected chi connectivity index (χ2v) is 6.55. The van der Waals surface area contributed by atoms with E-state index in [1.807, 2.05) is 0 Å². The lowest BCUT2D eigenvalue weighted by Crippen LogP contribution is -2.53. The zero-order valence-corrected chi connectivity index (χ0v) is 13.7. The number of carbonyl (C=O) groups is 3. The standard InChI is InChI=1S/C17H19NO6/c1-9(19)14-13(21)8-17(3,22)16(10(2)20)15(14)11-5-4-6-12(7-11)18(23)24/h4-7,14-16,22H,8H2,1-3H3/t14-,15+,16+,17-/m0/s1. The first kappa shape index (κ1) is 17.9. The van der Waals surface area contributed by atoms with Gasteiger partial charge in [0.05, 0.1) is 22.4 Å². The molecular formula is C17H19NO6. The summed E-state index contributed by atoms with van der Waals surface area (Å²) in [5.41, 5.74) is -1.47. The molecule has 1 fully saturated rings. The van der Waals surface area contributed by atoms with E-state index in [4.69, 9.17) is 0 Å². The molecule has 1 N–H and O–H groups in total. The summed E-state index contributed by atoms with van der Waals surface area (Å²) in [5, 5.41) is 21.6. The van der Waals surface area contributed by atoms with Gasteiger partial charge in [-0.15, -0.1) is 0 Å². The van der Waals surface area contributed by atoms with Gasteiger partial charge < -0.3 is 5.11 Å². The maximum Gasteiger partial charge on any atom is 0.269 e. The van der Waals surface area contributed by atoms with Crippen molar-refractivity contribution in [3.63, 3.8) is 0 Å². The molecule has 1 saturated carbocycles.